The minimum atomic E-state index is -0.826. The van der Waals surface area contributed by atoms with Crippen molar-refractivity contribution < 1.29 is 29.0 Å². The minimum absolute atomic E-state index is 0.00836. The number of ketones is 1. The second-order valence-corrected chi connectivity index (χ2v) is 8.60. The molecule has 0 spiro atoms. The Morgan fingerprint density at radius 1 is 0.919 bits per heavy atom. The Balaban J connectivity index is 1.74. The SMILES string of the molecule is CCCOc1ccc(/C(O)=C2\C(=O)C(=O)N(c3ccc(CC(=O)OCC)cc3)C2c2ccccc2)cc1. The van der Waals surface area contributed by atoms with Crippen LogP contribution in [0.2, 0.25) is 0 Å². The van der Waals surface area contributed by atoms with E-state index in [0.717, 1.165) is 12.0 Å². The van der Waals surface area contributed by atoms with E-state index in [0.29, 0.717) is 35.8 Å². The Bertz CT molecular complexity index is 1300. The summed E-state index contributed by atoms with van der Waals surface area (Å²) in [6, 6.07) is 21.9. The maximum absolute atomic E-state index is 13.3. The molecule has 1 fully saturated rings. The van der Waals surface area contributed by atoms with E-state index in [1.165, 1.54) is 4.90 Å². The largest absolute Gasteiger partial charge is 0.507 e. The lowest BCUT2D eigenvalue weighted by Gasteiger charge is -2.25. The first-order chi connectivity index (χ1) is 17.9. The van der Waals surface area contributed by atoms with Crippen molar-refractivity contribution in [2.24, 2.45) is 0 Å². The number of hydrogen-bond acceptors (Lipinski definition) is 6. The van der Waals surface area contributed by atoms with Crippen molar-refractivity contribution in [2.45, 2.75) is 32.7 Å². The van der Waals surface area contributed by atoms with Crippen LogP contribution in [0.25, 0.3) is 5.76 Å². The van der Waals surface area contributed by atoms with Gasteiger partial charge in [0.25, 0.3) is 11.7 Å². The Kier molecular flexibility index (Phi) is 8.03. The molecule has 7 heteroatoms. The molecule has 7 nitrogen and oxygen atoms in total. The van der Waals surface area contributed by atoms with E-state index in [4.69, 9.17) is 9.47 Å². The minimum Gasteiger partial charge on any atom is -0.507 e. The van der Waals surface area contributed by atoms with Crippen molar-refractivity contribution in [2.75, 3.05) is 18.1 Å². The van der Waals surface area contributed by atoms with Crippen LogP contribution < -0.4 is 9.64 Å². The monoisotopic (exact) mass is 499 g/mol. The van der Waals surface area contributed by atoms with Gasteiger partial charge in [-0.3, -0.25) is 19.3 Å². The van der Waals surface area contributed by atoms with Gasteiger partial charge in [0.05, 0.1) is 31.2 Å². The summed E-state index contributed by atoms with van der Waals surface area (Å²) in [5.41, 5.74) is 2.30. The summed E-state index contributed by atoms with van der Waals surface area (Å²) in [5.74, 6) is -1.45. The fourth-order valence-corrected chi connectivity index (χ4v) is 4.29. The quantitative estimate of drug-likeness (QED) is 0.188. The van der Waals surface area contributed by atoms with Crippen LogP contribution in [0, 0.1) is 0 Å². The van der Waals surface area contributed by atoms with Crippen molar-refractivity contribution in [1.82, 2.24) is 0 Å². The fourth-order valence-electron chi connectivity index (χ4n) is 4.29. The maximum atomic E-state index is 13.3. The number of ether oxygens (including phenoxy) is 2. The first-order valence-corrected chi connectivity index (χ1v) is 12.3. The summed E-state index contributed by atoms with van der Waals surface area (Å²) < 4.78 is 10.6. The number of anilines is 1. The van der Waals surface area contributed by atoms with Crippen molar-refractivity contribution >= 4 is 29.1 Å². The Hall–Kier alpha value is -4.39. The van der Waals surface area contributed by atoms with Gasteiger partial charge in [0.2, 0.25) is 0 Å². The predicted molar refractivity (Wildman–Crippen MR) is 140 cm³/mol. The van der Waals surface area contributed by atoms with Crippen LogP contribution in [0.1, 0.15) is 43.0 Å². The summed E-state index contributed by atoms with van der Waals surface area (Å²) in [7, 11) is 0. The highest BCUT2D eigenvalue weighted by Crippen LogP contribution is 2.42. The molecule has 0 aliphatic carbocycles. The highest BCUT2D eigenvalue weighted by atomic mass is 16.5. The van der Waals surface area contributed by atoms with Crippen molar-refractivity contribution in [3.8, 4) is 5.75 Å². The number of carbonyl (C=O) groups is 3. The number of Topliss-reactive ketones (excluding diaryl/α,β-unsaturated/α-hetero) is 1. The van der Waals surface area contributed by atoms with Crippen LogP contribution in [-0.4, -0.2) is 36.0 Å². The first-order valence-electron chi connectivity index (χ1n) is 12.3. The molecule has 190 valence electrons. The number of carbonyl (C=O) groups excluding carboxylic acids is 3. The topological polar surface area (TPSA) is 93.1 Å². The summed E-state index contributed by atoms with van der Waals surface area (Å²) in [6.07, 6.45) is 0.971. The summed E-state index contributed by atoms with van der Waals surface area (Å²) in [5, 5.41) is 11.3. The lowest BCUT2D eigenvalue weighted by molar-refractivity contribution is -0.142. The molecule has 1 unspecified atom stereocenters. The zero-order valence-electron chi connectivity index (χ0n) is 20.8. The molecular weight excluding hydrogens is 470 g/mol. The number of hydrogen-bond donors (Lipinski definition) is 1. The molecule has 1 N–H and O–H groups in total. The lowest BCUT2D eigenvalue weighted by Crippen LogP contribution is -2.29. The Morgan fingerprint density at radius 2 is 1.59 bits per heavy atom. The molecule has 0 bridgehead atoms. The van der Waals surface area contributed by atoms with Gasteiger partial charge in [-0.2, -0.15) is 0 Å². The van der Waals surface area contributed by atoms with E-state index < -0.39 is 17.7 Å². The molecule has 1 heterocycles. The second-order valence-electron chi connectivity index (χ2n) is 8.60. The van der Waals surface area contributed by atoms with Crippen LogP contribution in [0.3, 0.4) is 0 Å². The molecule has 4 rings (SSSR count). The molecular formula is C30H29NO6. The van der Waals surface area contributed by atoms with E-state index in [1.807, 2.05) is 37.3 Å². The molecule has 0 aromatic heterocycles. The van der Waals surface area contributed by atoms with Crippen LogP contribution in [-0.2, 0) is 25.5 Å². The average Bonchev–Trinajstić information content (AvgIpc) is 3.18. The maximum Gasteiger partial charge on any atom is 0.310 e. The van der Waals surface area contributed by atoms with Gasteiger partial charge in [0.15, 0.2) is 0 Å². The summed E-state index contributed by atoms with van der Waals surface area (Å²) in [6.45, 7) is 4.63. The zero-order valence-corrected chi connectivity index (χ0v) is 20.8. The number of aliphatic hydroxyl groups excluding tert-OH is 1. The third-order valence-corrected chi connectivity index (χ3v) is 6.03. The van der Waals surface area contributed by atoms with Gasteiger partial charge in [0, 0.05) is 11.3 Å². The second kappa shape index (κ2) is 11.6. The molecule has 37 heavy (non-hydrogen) atoms. The Morgan fingerprint density at radius 3 is 2.22 bits per heavy atom. The zero-order chi connectivity index (χ0) is 26.4. The van der Waals surface area contributed by atoms with Gasteiger partial charge >= 0.3 is 5.97 Å². The average molecular weight is 500 g/mol. The fraction of sp³-hybridized carbons (Fsp3) is 0.233. The van der Waals surface area contributed by atoms with Gasteiger partial charge in [0.1, 0.15) is 11.5 Å². The number of aliphatic hydroxyl groups is 1. The highest BCUT2D eigenvalue weighted by Gasteiger charge is 2.46. The van der Waals surface area contributed by atoms with E-state index in [1.54, 1.807) is 55.5 Å². The van der Waals surface area contributed by atoms with Gasteiger partial charge < -0.3 is 14.6 Å². The predicted octanol–water partition coefficient (Wildman–Crippen LogP) is 5.21. The van der Waals surface area contributed by atoms with Crippen LogP contribution >= 0.6 is 0 Å². The molecule has 3 aromatic carbocycles. The van der Waals surface area contributed by atoms with E-state index in [9.17, 15) is 19.5 Å². The molecule has 1 aliphatic heterocycles. The number of amides is 1. The first kappa shape index (κ1) is 25.7. The molecule has 1 aliphatic rings. The third-order valence-electron chi connectivity index (χ3n) is 6.03. The van der Waals surface area contributed by atoms with Crippen LogP contribution in [0.4, 0.5) is 5.69 Å². The molecule has 0 saturated carbocycles. The normalized spacial score (nSPS) is 16.6. The number of nitrogens with zero attached hydrogens (tertiary/aromatic N) is 1. The number of benzene rings is 3. The smallest absolute Gasteiger partial charge is 0.310 e. The van der Waals surface area contributed by atoms with Gasteiger partial charge in [-0.1, -0.05) is 49.4 Å². The third kappa shape index (κ3) is 5.56. The van der Waals surface area contributed by atoms with Crippen molar-refractivity contribution in [3.63, 3.8) is 0 Å². The van der Waals surface area contributed by atoms with Crippen LogP contribution in [0.5, 0.6) is 5.75 Å². The van der Waals surface area contributed by atoms with Crippen LogP contribution in [0.15, 0.2) is 84.4 Å². The standard InChI is InChI=1S/C30H29NO6/c1-3-18-37-24-16-12-22(13-17-24)28(33)26-27(21-8-6-5-7-9-21)31(30(35)29(26)34)23-14-10-20(11-15-23)19-25(32)36-4-2/h5-17,27,33H,3-4,18-19H2,1-2H3/b28-26+. The highest BCUT2D eigenvalue weighted by molar-refractivity contribution is 6.51. The molecule has 0 radical (unpaired) electrons. The Labute approximate surface area is 215 Å². The van der Waals surface area contributed by atoms with Gasteiger partial charge in [-0.25, -0.2) is 0 Å². The number of rotatable bonds is 9. The van der Waals surface area contributed by atoms with Gasteiger partial charge in [-0.15, -0.1) is 0 Å². The summed E-state index contributed by atoms with van der Waals surface area (Å²) >= 11 is 0. The molecule has 3 aromatic rings. The molecule has 1 saturated heterocycles. The van der Waals surface area contributed by atoms with E-state index in [2.05, 4.69) is 0 Å². The van der Waals surface area contributed by atoms with Gasteiger partial charge in [-0.05, 0) is 60.9 Å². The summed E-state index contributed by atoms with van der Waals surface area (Å²) in [4.78, 5) is 39.8. The molecule has 1 amide bonds. The van der Waals surface area contributed by atoms with E-state index >= 15 is 0 Å². The van der Waals surface area contributed by atoms with Crippen molar-refractivity contribution in [3.05, 3.63) is 101 Å². The lowest BCUT2D eigenvalue weighted by atomic mass is 9.95. The molecule has 1 atom stereocenters. The van der Waals surface area contributed by atoms with E-state index in [-0.39, 0.29) is 23.7 Å². The number of esters is 1. The van der Waals surface area contributed by atoms with Crippen molar-refractivity contribution in [1.29, 1.82) is 0 Å².